The predicted octanol–water partition coefficient (Wildman–Crippen LogP) is 4.02. The van der Waals surface area contributed by atoms with Crippen molar-refractivity contribution in [2.24, 2.45) is 5.92 Å². The molecule has 0 saturated carbocycles. The van der Waals surface area contributed by atoms with Gasteiger partial charge < -0.3 is 14.5 Å². The molecular formula is C27H30N2O3. The number of piperidine rings is 2. The molecule has 0 N–H and O–H groups in total. The number of hydrogen-bond acceptors (Lipinski definition) is 3. The number of benzene rings is 2. The lowest BCUT2D eigenvalue weighted by molar-refractivity contribution is -0.144. The third-order valence-corrected chi connectivity index (χ3v) is 7.40. The molecule has 0 aromatic heterocycles. The molecule has 2 aromatic rings. The minimum absolute atomic E-state index is 0.0777. The maximum atomic E-state index is 13.4. The quantitative estimate of drug-likeness (QED) is 0.736. The smallest absolute Gasteiger partial charge is 0.227 e. The number of methoxy groups -OCH3 is 1. The Labute approximate surface area is 189 Å². The van der Waals surface area contributed by atoms with E-state index >= 15 is 0 Å². The van der Waals surface area contributed by atoms with E-state index in [-0.39, 0.29) is 23.1 Å². The second-order valence-corrected chi connectivity index (χ2v) is 9.26. The second-order valence-electron chi connectivity index (χ2n) is 9.26. The van der Waals surface area contributed by atoms with Crippen molar-refractivity contribution in [3.8, 4) is 5.75 Å². The van der Waals surface area contributed by atoms with Crippen molar-refractivity contribution >= 4 is 17.9 Å². The molecule has 5 heteroatoms. The van der Waals surface area contributed by atoms with Crippen LogP contribution in [0.25, 0.3) is 6.08 Å². The highest BCUT2D eigenvalue weighted by molar-refractivity contribution is 5.84. The zero-order chi connectivity index (χ0) is 22.1. The van der Waals surface area contributed by atoms with Crippen molar-refractivity contribution in [1.82, 2.24) is 9.80 Å². The van der Waals surface area contributed by atoms with Crippen molar-refractivity contribution in [1.29, 1.82) is 0 Å². The Hall–Kier alpha value is -3.08. The van der Waals surface area contributed by atoms with Crippen molar-refractivity contribution in [2.75, 3.05) is 26.7 Å². The summed E-state index contributed by atoms with van der Waals surface area (Å²) in [6.07, 6.45) is 7.59. The molecule has 1 atom stereocenters. The second kappa shape index (κ2) is 8.45. The summed E-state index contributed by atoms with van der Waals surface area (Å²) in [6.45, 7) is 2.57. The monoisotopic (exact) mass is 430 g/mol. The number of carbonyl (C=O) groups excluding carboxylic acids is 2. The summed E-state index contributed by atoms with van der Waals surface area (Å²) in [7, 11) is 1.64. The van der Waals surface area contributed by atoms with E-state index in [1.165, 1.54) is 11.1 Å². The van der Waals surface area contributed by atoms with Gasteiger partial charge in [0, 0.05) is 38.0 Å². The first-order chi connectivity index (χ1) is 15.6. The van der Waals surface area contributed by atoms with Crippen LogP contribution in [0.4, 0.5) is 0 Å². The number of nitrogens with zero attached hydrogens (tertiary/aromatic N) is 2. The Bertz CT molecular complexity index is 1050. The molecule has 2 fully saturated rings. The van der Waals surface area contributed by atoms with Gasteiger partial charge in [-0.05, 0) is 48.1 Å². The van der Waals surface area contributed by atoms with Crippen LogP contribution in [0, 0.1) is 5.92 Å². The molecule has 2 aliphatic heterocycles. The van der Waals surface area contributed by atoms with Gasteiger partial charge in [0.2, 0.25) is 11.8 Å². The molecule has 2 saturated heterocycles. The Morgan fingerprint density at radius 2 is 1.94 bits per heavy atom. The van der Waals surface area contributed by atoms with Gasteiger partial charge in [-0.15, -0.1) is 0 Å². The molecule has 2 amide bonds. The van der Waals surface area contributed by atoms with E-state index < -0.39 is 0 Å². The van der Waals surface area contributed by atoms with Crippen LogP contribution in [0.1, 0.15) is 42.4 Å². The van der Waals surface area contributed by atoms with Crippen LogP contribution in [0.3, 0.4) is 0 Å². The number of amides is 2. The molecule has 0 bridgehead atoms. The normalized spacial score (nSPS) is 21.7. The first kappa shape index (κ1) is 20.8. The van der Waals surface area contributed by atoms with Crippen LogP contribution in [0.2, 0.25) is 0 Å². The van der Waals surface area contributed by atoms with Crippen LogP contribution < -0.4 is 4.74 Å². The first-order valence-corrected chi connectivity index (χ1v) is 11.6. The van der Waals surface area contributed by atoms with Crippen molar-refractivity contribution in [3.63, 3.8) is 0 Å². The molecule has 1 unspecified atom stereocenters. The van der Waals surface area contributed by atoms with E-state index in [1.807, 2.05) is 34.1 Å². The lowest BCUT2D eigenvalue weighted by Gasteiger charge is -2.41. The zero-order valence-corrected chi connectivity index (χ0v) is 18.6. The SMILES string of the molecule is COc1cccc(CN2CC(C(=O)N3CCC4(C=Cc5ccccc54)CC3)CCC2=O)c1. The molecule has 3 aliphatic rings. The van der Waals surface area contributed by atoms with Crippen LogP contribution in [0.15, 0.2) is 54.6 Å². The molecule has 5 rings (SSSR count). The van der Waals surface area contributed by atoms with Crippen LogP contribution in [-0.4, -0.2) is 48.4 Å². The lowest BCUT2D eigenvalue weighted by atomic mass is 9.74. The average molecular weight is 431 g/mol. The predicted molar refractivity (Wildman–Crippen MR) is 124 cm³/mol. The highest BCUT2D eigenvalue weighted by Gasteiger charge is 2.40. The van der Waals surface area contributed by atoms with Gasteiger partial charge in [-0.25, -0.2) is 0 Å². The molecule has 1 spiro atoms. The molecule has 32 heavy (non-hydrogen) atoms. The summed E-state index contributed by atoms with van der Waals surface area (Å²) < 4.78 is 5.30. The Morgan fingerprint density at radius 1 is 1.12 bits per heavy atom. The number of carbonyl (C=O) groups is 2. The van der Waals surface area contributed by atoms with Gasteiger partial charge in [-0.1, -0.05) is 48.6 Å². The largest absolute Gasteiger partial charge is 0.497 e. The minimum Gasteiger partial charge on any atom is -0.497 e. The molecular weight excluding hydrogens is 400 g/mol. The lowest BCUT2D eigenvalue weighted by Crippen LogP contribution is -2.50. The van der Waals surface area contributed by atoms with Gasteiger partial charge >= 0.3 is 0 Å². The third kappa shape index (κ3) is 3.81. The van der Waals surface area contributed by atoms with E-state index in [0.717, 1.165) is 37.2 Å². The molecule has 166 valence electrons. The van der Waals surface area contributed by atoms with Gasteiger partial charge in [-0.2, -0.15) is 0 Å². The number of ether oxygens (including phenoxy) is 1. The maximum absolute atomic E-state index is 13.4. The molecule has 5 nitrogen and oxygen atoms in total. The number of likely N-dealkylation sites (tertiary alicyclic amines) is 2. The van der Waals surface area contributed by atoms with E-state index in [4.69, 9.17) is 4.74 Å². The van der Waals surface area contributed by atoms with Crippen molar-refractivity contribution in [2.45, 2.75) is 37.6 Å². The Morgan fingerprint density at radius 3 is 2.75 bits per heavy atom. The summed E-state index contributed by atoms with van der Waals surface area (Å²) in [4.78, 5) is 29.8. The van der Waals surface area contributed by atoms with E-state index in [9.17, 15) is 9.59 Å². The topological polar surface area (TPSA) is 49.9 Å². The molecule has 2 heterocycles. The summed E-state index contributed by atoms with van der Waals surface area (Å²) >= 11 is 0. The number of allylic oxidation sites excluding steroid dienone is 1. The van der Waals surface area contributed by atoms with E-state index in [1.54, 1.807) is 7.11 Å². The Balaban J connectivity index is 1.22. The number of hydrogen-bond donors (Lipinski definition) is 0. The van der Waals surface area contributed by atoms with E-state index in [2.05, 4.69) is 36.4 Å². The van der Waals surface area contributed by atoms with Gasteiger partial charge in [0.15, 0.2) is 0 Å². The van der Waals surface area contributed by atoms with Gasteiger partial charge in [0.25, 0.3) is 0 Å². The highest BCUT2D eigenvalue weighted by Crippen LogP contribution is 2.43. The fourth-order valence-electron chi connectivity index (χ4n) is 5.52. The summed E-state index contributed by atoms with van der Waals surface area (Å²) in [5.74, 6) is 1.00. The van der Waals surface area contributed by atoms with Crippen LogP contribution in [0.5, 0.6) is 5.75 Å². The molecule has 2 aromatic carbocycles. The first-order valence-electron chi connectivity index (χ1n) is 11.6. The van der Waals surface area contributed by atoms with Crippen molar-refractivity contribution < 1.29 is 14.3 Å². The molecule has 0 radical (unpaired) electrons. The highest BCUT2D eigenvalue weighted by atomic mass is 16.5. The fourth-order valence-corrected chi connectivity index (χ4v) is 5.52. The van der Waals surface area contributed by atoms with E-state index in [0.29, 0.717) is 25.9 Å². The average Bonchev–Trinajstić information content (AvgIpc) is 3.19. The summed E-state index contributed by atoms with van der Waals surface area (Å²) in [5.41, 5.74) is 3.82. The summed E-state index contributed by atoms with van der Waals surface area (Å²) in [5, 5.41) is 0. The summed E-state index contributed by atoms with van der Waals surface area (Å²) in [6, 6.07) is 16.4. The van der Waals surface area contributed by atoms with Gasteiger partial charge in [-0.3, -0.25) is 9.59 Å². The van der Waals surface area contributed by atoms with Gasteiger partial charge in [0.05, 0.1) is 13.0 Å². The maximum Gasteiger partial charge on any atom is 0.227 e. The number of fused-ring (bicyclic) bond motifs is 2. The minimum atomic E-state index is -0.112. The van der Waals surface area contributed by atoms with Crippen LogP contribution >= 0.6 is 0 Å². The van der Waals surface area contributed by atoms with Crippen molar-refractivity contribution in [3.05, 3.63) is 71.3 Å². The standard InChI is InChI=1S/C27H30N2O3/c1-32-23-7-4-5-20(17-23)18-29-19-22(9-10-25(29)30)26(31)28-15-13-27(14-16-28)12-11-21-6-2-3-8-24(21)27/h2-8,11-12,17,22H,9-10,13-16,18-19H2,1H3. The molecule has 1 aliphatic carbocycles. The Kier molecular flexibility index (Phi) is 5.50. The number of rotatable bonds is 4. The van der Waals surface area contributed by atoms with Crippen LogP contribution in [-0.2, 0) is 21.5 Å². The zero-order valence-electron chi connectivity index (χ0n) is 18.6. The van der Waals surface area contributed by atoms with Gasteiger partial charge in [0.1, 0.15) is 5.75 Å². The fraction of sp³-hybridized carbons (Fsp3) is 0.407. The third-order valence-electron chi connectivity index (χ3n) is 7.40.